The monoisotopic (exact) mass is 539 g/mol. The summed E-state index contributed by atoms with van der Waals surface area (Å²) in [5.74, 6) is 0.133. The van der Waals surface area contributed by atoms with Crippen LogP contribution < -0.4 is 0 Å². The van der Waals surface area contributed by atoms with Crippen molar-refractivity contribution in [1.82, 2.24) is 14.8 Å². The van der Waals surface area contributed by atoms with Crippen molar-refractivity contribution < 1.29 is 14.7 Å². The van der Waals surface area contributed by atoms with Gasteiger partial charge in [-0.1, -0.05) is 23.2 Å². The van der Waals surface area contributed by atoms with Crippen molar-refractivity contribution in [3.05, 3.63) is 49.9 Å². The standard InChI is InChI=1S/C26H35Cl2N3O3S/c1-18-15-23(27)29-26(28)25(18)22(33)6-3-5-19(2)30-11-8-21(9-12-30)31(24(34)7-4-13-32)16-20-10-14-35-17-20/h10,14-15,17,19,21,32H,3-9,11-13,16H2,1-2H3/t19-/m1/s1. The number of carbonyl (C=O) groups excluding carboxylic acids is 2. The Morgan fingerprint density at radius 2 is 2.00 bits per heavy atom. The van der Waals surface area contributed by atoms with Gasteiger partial charge in [0.2, 0.25) is 5.91 Å². The van der Waals surface area contributed by atoms with E-state index in [1.807, 2.05) is 17.2 Å². The first-order valence-electron chi connectivity index (χ1n) is 12.3. The van der Waals surface area contributed by atoms with Gasteiger partial charge in [0.05, 0.1) is 5.56 Å². The number of nitrogens with zero attached hydrogens (tertiary/aromatic N) is 3. The molecule has 1 N–H and O–H groups in total. The second kappa shape index (κ2) is 13.7. The van der Waals surface area contributed by atoms with Crippen molar-refractivity contribution in [3.63, 3.8) is 0 Å². The van der Waals surface area contributed by atoms with E-state index in [4.69, 9.17) is 28.3 Å². The maximum absolute atomic E-state index is 12.9. The van der Waals surface area contributed by atoms with E-state index in [1.165, 1.54) is 5.56 Å². The van der Waals surface area contributed by atoms with E-state index < -0.39 is 0 Å². The molecule has 1 aliphatic heterocycles. The minimum atomic E-state index is 0.00744. The van der Waals surface area contributed by atoms with Crippen LogP contribution in [0, 0.1) is 6.92 Å². The van der Waals surface area contributed by atoms with Crippen molar-refractivity contribution in [2.45, 2.75) is 77.4 Å². The number of hydrogen-bond acceptors (Lipinski definition) is 6. The topological polar surface area (TPSA) is 73.7 Å². The van der Waals surface area contributed by atoms with Gasteiger partial charge in [0, 0.05) is 51.2 Å². The molecule has 2 aromatic heterocycles. The van der Waals surface area contributed by atoms with Gasteiger partial charge in [-0.05, 0) is 80.0 Å². The highest BCUT2D eigenvalue weighted by Gasteiger charge is 2.29. The number of halogens is 2. The number of aliphatic hydroxyl groups is 1. The molecule has 0 bridgehead atoms. The quantitative estimate of drug-likeness (QED) is 0.274. The first kappa shape index (κ1) is 28.1. The Hall–Kier alpha value is -1.51. The SMILES string of the molecule is Cc1cc(Cl)nc(Cl)c1C(=O)CCC[C@@H](C)N1CCC(N(Cc2ccsc2)C(=O)CCCO)CC1. The Bertz CT molecular complexity index is 955. The molecule has 0 saturated carbocycles. The number of aliphatic hydroxyl groups excluding tert-OH is 1. The largest absolute Gasteiger partial charge is 0.396 e. The summed E-state index contributed by atoms with van der Waals surface area (Å²) in [5.41, 5.74) is 2.40. The molecule has 6 nitrogen and oxygen atoms in total. The third-order valence-corrected chi connectivity index (χ3v) is 8.01. The fourth-order valence-corrected chi connectivity index (χ4v) is 6.11. The summed E-state index contributed by atoms with van der Waals surface area (Å²) in [4.78, 5) is 34.1. The van der Waals surface area contributed by atoms with Gasteiger partial charge in [-0.25, -0.2) is 4.98 Å². The van der Waals surface area contributed by atoms with Crippen LogP contribution >= 0.6 is 34.5 Å². The molecule has 2 aromatic rings. The highest BCUT2D eigenvalue weighted by molar-refractivity contribution is 7.07. The lowest BCUT2D eigenvalue weighted by Crippen LogP contribution is -2.49. The van der Waals surface area contributed by atoms with E-state index in [-0.39, 0.29) is 29.5 Å². The predicted octanol–water partition coefficient (Wildman–Crippen LogP) is 5.77. The number of hydrogen-bond donors (Lipinski definition) is 1. The summed E-state index contributed by atoms with van der Waals surface area (Å²) >= 11 is 13.7. The van der Waals surface area contributed by atoms with Crippen molar-refractivity contribution in [1.29, 1.82) is 0 Å². The second-order valence-electron chi connectivity index (χ2n) is 9.34. The van der Waals surface area contributed by atoms with Crippen LogP contribution in [0.25, 0.3) is 0 Å². The summed E-state index contributed by atoms with van der Waals surface area (Å²) in [5, 5.41) is 13.8. The van der Waals surface area contributed by atoms with Crippen LogP contribution in [0.5, 0.6) is 0 Å². The van der Waals surface area contributed by atoms with Gasteiger partial charge in [0.25, 0.3) is 0 Å². The number of pyridine rings is 1. The van der Waals surface area contributed by atoms with Crippen molar-refractivity contribution in [2.24, 2.45) is 0 Å². The summed E-state index contributed by atoms with van der Waals surface area (Å²) in [6.45, 7) is 6.57. The first-order chi connectivity index (χ1) is 16.8. The van der Waals surface area contributed by atoms with Gasteiger partial charge in [-0.3, -0.25) is 9.59 Å². The van der Waals surface area contributed by atoms with Gasteiger partial charge in [0.15, 0.2) is 5.78 Å². The molecule has 0 aliphatic carbocycles. The zero-order chi connectivity index (χ0) is 25.4. The number of rotatable bonds is 12. The number of piperidine rings is 1. The molecular formula is C26H35Cl2N3O3S. The Kier molecular flexibility index (Phi) is 11.0. The van der Waals surface area contributed by atoms with Crippen LogP contribution in [0.4, 0.5) is 0 Å². The zero-order valence-electron chi connectivity index (χ0n) is 20.5. The summed E-state index contributed by atoms with van der Waals surface area (Å²) in [6, 6.07) is 4.32. The highest BCUT2D eigenvalue weighted by Crippen LogP contribution is 2.26. The Morgan fingerprint density at radius 1 is 1.26 bits per heavy atom. The average molecular weight is 541 g/mol. The maximum Gasteiger partial charge on any atom is 0.223 e. The molecule has 1 amide bonds. The molecule has 0 unspecified atom stereocenters. The number of Topliss-reactive ketones (excluding diaryl/α,β-unsaturated/α-hetero) is 1. The van der Waals surface area contributed by atoms with E-state index in [0.29, 0.717) is 42.6 Å². The molecule has 0 spiro atoms. The molecular weight excluding hydrogens is 505 g/mol. The Balaban J connectivity index is 1.49. The number of ketones is 1. The molecule has 1 saturated heterocycles. The summed E-state index contributed by atoms with van der Waals surface area (Å²) < 4.78 is 0. The predicted molar refractivity (Wildman–Crippen MR) is 142 cm³/mol. The number of amides is 1. The number of carbonyl (C=O) groups is 2. The molecule has 1 fully saturated rings. The van der Waals surface area contributed by atoms with E-state index in [1.54, 1.807) is 17.4 Å². The molecule has 3 heterocycles. The second-order valence-corrected chi connectivity index (χ2v) is 10.9. The number of likely N-dealkylation sites (tertiary alicyclic amines) is 1. The van der Waals surface area contributed by atoms with Crippen molar-refractivity contribution in [3.8, 4) is 0 Å². The molecule has 35 heavy (non-hydrogen) atoms. The zero-order valence-corrected chi connectivity index (χ0v) is 22.8. The molecule has 3 rings (SSSR count). The van der Waals surface area contributed by atoms with Gasteiger partial charge in [-0.15, -0.1) is 0 Å². The lowest BCUT2D eigenvalue weighted by molar-refractivity contribution is -0.135. The number of aryl methyl sites for hydroxylation is 1. The normalized spacial score (nSPS) is 15.8. The average Bonchev–Trinajstić information content (AvgIpc) is 3.34. The lowest BCUT2D eigenvalue weighted by atomic mass is 9.97. The van der Waals surface area contributed by atoms with Crippen LogP contribution in [0.15, 0.2) is 22.9 Å². The number of aromatic nitrogens is 1. The van der Waals surface area contributed by atoms with Gasteiger partial charge >= 0.3 is 0 Å². The maximum atomic E-state index is 12.9. The Labute approximate surface area is 222 Å². The highest BCUT2D eigenvalue weighted by atomic mass is 35.5. The molecule has 0 radical (unpaired) electrons. The van der Waals surface area contributed by atoms with Crippen LogP contribution in [-0.4, -0.2) is 63.4 Å². The Morgan fingerprint density at radius 3 is 2.63 bits per heavy atom. The van der Waals surface area contributed by atoms with Gasteiger partial charge in [0.1, 0.15) is 10.3 Å². The van der Waals surface area contributed by atoms with Crippen LogP contribution in [0.2, 0.25) is 10.3 Å². The smallest absolute Gasteiger partial charge is 0.223 e. The van der Waals surface area contributed by atoms with Crippen molar-refractivity contribution in [2.75, 3.05) is 19.7 Å². The van der Waals surface area contributed by atoms with Crippen LogP contribution in [0.3, 0.4) is 0 Å². The molecule has 192 valence electrons. The fourth-order valence-electron chi connectivity index (χ4n) is 4.81. The minimum absolute atomic E-state index is 0.00744. The first-order valence-corrected chi connectivity index (χ1v) is 14.0. The fraction of sp³-hybridized carbons (Fsp3) is 0.577. The van der Waals surface area contributed by atoms with E-state index in [9.17, 15) is 9.59 Å². The number of thiophene rings is 1. The molecule has 9 heteroatoms. The summed E-state index contributed by atoms with van der Waals surface area (Å²) in [6.07, 6.45) is 4.89. The van der Waals surface area contributed by atoms with E-state index in [2.05, 4.69) is 28.3 Å². The van der Waals surface area contributed by atoms with E-state index in [0.717, 1.165) is 44.3 Å². The van der Waals surface area contributed by atoms with Gasteiger partial charge < -0.3 is 14.9 Å². The molecule has 1 atom stereocenters. The molecule has 1 aliphatic rings. The molecule has 0 aromatic carbocycles. The third kappa shape index (κ3) is 7.99. The van der Waals surface area contributed by atoms with Crippen molar-refractivity contribution >= 4 is 46.2 Å². The minimum Gasteiger partial charge on any atom is -0.396 e. The van der Waals surface area contributed by atoms with E-state index >= 15 is 0 Å². The van der Waals surface area contributed by atoms with Gasteiger partial charge in [-0.2, -0.15) is 11.3 Å². The lowest BCUT2D eigenvalue weighted by Gasteiger charge is -2.41. The third-order valence-electron chi connectivity index (χ3n) is 6.81. The summed E-state index contributed by atoms with van der Waals surface area (Å²) in [7, 11) is 0. The van der Waals surface area contributed by atoms with Crippen LogP contribution in [-0.2, 0) is 11.3 Å². The van der Waals surface area contributed by atoms with Crippen LogP contribution in [0.1, 0.15) is 73.4 Å².